The number of aromatic nitrogens is 3. The molecule has 32 heavy (non-hydrogen) atoms. The van der Waals surface area contributed by atoms with Crippen LogP contribution in [0, 0.1) is 18.8 Å². The second-order valence-electron chi connectivity index (χ2n) is 8.71. The van der Waals surface area contributed by atoms with Gasteiger partial charge in [-0.2, -0.15) is 15.2 Å². The zero-order chi connectivity index (χ0) is 21.7. The van der Waals surface area contributed by atoms with Gasteiger partial charge in [-0.25, -0.2) is 0 Å². The number of carbonyl (C=O) groups is 1. The molecular weight excluding hydrogens is 402 g/mol. The Morgan fingerprint density at radius 3 is 2.94 bits per heavy atom. The number of carbonyl (C=O) groups excluding carboxylic acids is 1. The lowest BCUT2D eigenvalue weighted by Crippen LogP contribution is -2.42. The fraction of sp³-hybridized carbons (Fsp3) is 0.280. The van der Waals surface area contributed by atoms with Crippen LogP contribution in [0.5, 0.6) is 0 Å². The molecule has 3 atom stereocenters. The minimum atomic E-state index is 0.0471. The summed E-state index contributed by atoms with van der Waals surface area (Å²) in [6.45, 7) is 3.41. The molecule has 0 unspecified atom stereocenters. The van der Waals surface area contributed by atoms with Crippen molar-refractivity contribution in [3.63, 3.8) is 0 Å². The molecule has 2 fully saturated rings. The highest BCUT2D eigenvalue weighted by molar-refractivity contribution is 6.01. The van der Waals surface area contributed by atoms with Crippen LogP contribution in [-0.4, -0.2) is 45.1 Å². The van der Waals surface area contributed by atoms with E-state index in [1.165, 1.54) is 6.42 Å². The predicted octanol–water partition coefficient (Wildman–Crippen LogP) is 4.17. The summed E-state index contributed by atoms with van der Waals surface area (Å²) in [7, 11) is 0. The maximum absolute atomic E-state index is 13.7. The number of para-hydroxylation sites is 2. The van der Waals surface area contributed by atoms with Crippen LogP contribution < -0.4 is 5.32 Å². The fourth-order valence-electron chi connectivity index (χ4n) is 4.86. The summed E-state index contributed by atoms with van der Waals surface area (Å²) < 4.78 is 5.81. The number of piperidine rings is 1. The maximum atomic E-state index is 13.7. The highest BCUT2D eigenvalue weighted by atomic mass is 16.4. The quantitative estimate of drug-likeness (QED) is 0.517. The Balaban J connectivity index is 1.26. The van der Waals surface area contributed by atoms with Crippen LogP contribution in [0.2, 0.25) is 0 Å². The van der Waals surface area contributed by atoms with Gasteiger partial charge in [-0.3, -0.25) is 4.79 Å². The standard InChI is InChI=1S/C25H23N5O2/c1-15-8-9-17(20-6-4-10-27-29-20)19(11-15)24(31)30-14-16-12-18(16)22(30)13-26-25-28-21-5-2-3-7-23(21)32-25/h2-11,16,18,22H,12-14H2,1H3,(H,26,28)/t16-,18-,22-/m1/s1. The van der Waals surface area contributed by atoms with Gasteiger partial charge in [0.15, 0.2) is 5.58 Å². The molecule has 0 bridgehead atoms. The molecule has 3 heterocycles. The Kier molecular flexibility index (Phi) is 4.41. The third kappa shape index (κ3) is 3.30. The molecule has 7 heteroatoms. The first-order valence-electron chi connectivity index (χ1n) is 11.0. The highest BCUT2D eigenvalue weighted by Crippen LogP contribution is 2.50. The largest absolute Gasteiger partial charge is 0.424 e. The molecule has 0 radical (unpaired) electrons. The van der Waals surface area contributed by atoms with Crippen LogP contribution in [0.15, 0.2) is 65.2 Å². The number of hydrogen-bond donors (Lipinski definition) is 1. The number of amides is 1. The Morgan fingerprint density at radius 2 is 2.09 bits per heavy atom. The van der Waals surface area contributed by atoms with Crippen LogP contribution in [0.4, 0.5) is 6.01 Å². The van der Waals surface area contributed by atoms with Crippen molar-refractivity contribution < 1.29 is 9.21 Å². The molecule has 2 aliphatic rings. The van der Waals surface area contributed by atoms with Crippen molar-refractivity contribution in [3.05, 3.63) is 71.9 Å². The number of likely N-dealkylation sites (tertiary alicyclic amines) is 1. The van der Waals surface area contributed by atoms with Crippen LogP contribution in [0.25, 0.3) is 22.4 Å². The Bertz CT molecular complexity index is 1270. The molecular formula is C25H23N5O2. The zero-order valence-corrected chi connectivity index (χ0v) is 17.7. The van der Waals surface area contributed by atoms with Gasteiger partial charge >= 0.3 is 0 Å². The molecule has 1 aliphatic carbocycles. The summed E-state index contributed by atoms with van der Waals surface area (Å²) in [6, 6.07) is 18.0. The van der Waals surface area contributed by atoms with Gasteiger partial charge in [0.1, 0.15) is 5.52 Å². The first-order chi connectivity index (χ1) is 15.7. The molecule has 6 rings (SSSR count). The molecule has 1 saturated heterocycles. The molecule has 2 aromatic carbocycles. The second-order valence-corrected chi connectivity index (χ2v) is 8.71. The van der Waals surface area contributed by atoms with E-state index in [0.29, 0.717) is 35.7 Å². The normalized spacial score (nSPS) is 21.5. The average Bonchev–Trinajstić information content (AvgIpc) is 3.31. The van der Waals surface area contributed by atoms with Crippen LogP contribution in [0.1, 0.15) is 22.3 Å². The van der Waals surface area contributed by atoms with Gasteiger partial charge in [-0.05, 0) is 55.5 Å². The minimum Gasteiger partial charge on any atom is -0.424 e. The van der Waals surface area contributed by atoms with Gasteiger partial charge in [0, 0.05) is 30.4 Å². The lowest BCUT2D eigenvalue weighted by atomic mass is 9.99. The van der Waals surface area contributed by atoms with Crippen molar-refractivity contribution in [2.45, 2.75) is 19.4 Å². The van der Waals surface area contributed by atoms with Crippen molar-refractivity contribution in [1.29, 1.82) is 0 Å². The van der Waals surface area contributed by atoms with Crippen molar-refractivity contribution in [2.24, 2.45) is 11.8 Å². The van der Waals surface area contributed by atoms with Crippen molar-refractivity contribution in [3.8, 4) is 11.3 Å². The van der Waals surface area contributed by atoms with Gasteiger partial charge in [0.25, 0.3) is 11.9 Å². The zero-order valence-electron chi connectivity index (χ0n) is 17.7. The Morgan fingerprint density at radius 1 is 1.19 bits per heavy atom. The van der Waals surface area contributed by atoms with Gasteiger partial charge in [0.05, 0.1) is 11.7 Å². The number of anilines is 1. The Labute approximate surface area is 185 Å². The SMILES string of the molecule is Cc1ccc(-c2cccnn2)c(C(=O)N2C[C@H]3C[C@H]3[C@H]2CNc2nc3ccccc3o2)c1. The van der Waals surface area contributed by atoms with E-state index in [9.17, 15) is 4.79 Å². The average molecular weight is 425 g/mol. The van der Waals surface area contributed by atoms with E-state index in [1.807, 2.05) is 66.4 Å². The van der Waals surface area contributed by atoms with Crippen molar-refractivity contribution in [2.75, 3.05) is 18.4 Å². The molecule has 0 spiro atoms. The van der Waals surface area contributed by atoms with Gasteiger partial charge in [0.2, 0.25) is 0 Å². The monoisotopic (exact) mass is 425 g/mol. The lowest BCUT2D eigenvalue weighted by molar-refractivity contribution is 0.0715. The molecule has 160 valence electrons. The van der Waals surface area contributed by atoms with E-state index < -0.39 is 0 Å². The summed E-state index contributed by atoms with van der Waals surface area (Å²) in [6.07, 6.45) is 2.81. The number of nitrogens with zero attached hydrogens (tertiary/aromatic N) is 4. The summed E-state index contributed by atoms with van der Waals surface area (Å²) in [5, 5.41) is 11.6. The van der Waals surface area contributed by atoms with E-state index in [0.717, 1.165) is 28.8 Å². The second kappa shape index (κ2) is 7.44. The number of hydrogen-bond acceptors (Lipinski definition) is 6. The molecule has 1 amide bonds. The number of fused-ring (bicyclic) bond motifs is 2. The summed E-state index contributed by atoms with van der Waals surface area (Å²) >= 11 is 0. The summed E-state index contributed by atoms with van der Waals surface area (Å²) in [5.41, 5.74) is 4.84. The van der Waals surface area contributed by atoms with E-state index in [4.69, 9.17) is 4.42 Å². The first kappa shape index (κ1) is 19.0. The van der Waals surface area contributed by atoms with Crippen LogP contribution >= 0.6 is 0 Å². The van der Waals surface area contributed by atoms with Crippen molar-refractivity contribution >= 4 is 23.0 Å². The van der Waals surface area contributed by atoms with E-state index in [1.54, 1.807) is 6.20 Å². The summed E-state index contributed by atoms with van der Waals surface area (Å²) in [5.74, 6) is 1.16. The number of benzene rings is 2. The smallest absolute Gasteiger partial charge is 0.295 e. The number of nitrogens with one attached hydrogen (secondary N) is 1. The van der Waals surface area contributed by atoms with E-state index >= 15 is 0 Å². The molecule has 1 saturated carbocycles. The maximum Gasteiger partial charge on any atom is 0.295 e. The first-order valence-corrected chi connectivity index (χ1v) is 11.0. The van der Waals surface area contributed by atoms with Gasteiger partial charge in [-0.1, -0.05) is 29.8 Å². The van der Waals surface area contributed by atoms with Gasteiger partial charge in [-0.15, -0.1) is 0 Å². The number of rotatable bonds is 5. The molecule has 4 aromatic rings. The van der Waals surface area contributed by atoms with Crippen LogP contribution in [0.3, 0.4) is 0 Å². The van der Waals surface area contributed by atoms with E-state index in [-0.39, 0.29) is 11.9 Å². The number of oxazole rings is 1. The highest BCUT2D eigenvalue weighted by Gasteiger charge is 2.54. The molecule has 7 nitrogen and oxygen atoms in total. The molecule has 1 aliphatic heterocycles. The third-order valence-electron chi connectivity index (χ3n) is 6.57. The molecule has 2 aromatic heterocycles. The third-order valence-corrected chi connectivity index (χ3v) is 6.57. The van der Waals surface area contributed by atoms with E-state index in [2.05, 4.69) is 20.5 Å². The van der Waals surface area contributed by atoms with Gasteiger partial charge < -0.3 is 14.6 Å². The van der Waals surface area contributed by atoms with Crippen LogP contribution in [-0.2, 0) is 0 Å². The summed E-state index contributed by atoms with van der Waals surface area (Å²) in [4.78, 5) is 20.3. The topological polar surface area (TPSA) is 84.2 Å². The lowest BCUT2D eigenvalue weighted by Gasteiger charge is -2.28. The minimum absolute atomic E-state index is 0.0471. The Hall–Kier alpha value is -3.74. The molecule has 1 N–H and O–H groups in total. The predicted molar refractivity (Wildman–Crippen MR) is 121 cm³/mol. The number of aryl methyl sites for hydroxylation is 1. The fourth-order valence-corrected chi connectivity index (χ4v) is 4.86. The van der Waals surface area contributed by atoms with Crippen molar-refractivity contribution in [1.82, 2.24) is 20.1 Å².